The van der Waals surface area contributed by atoms with Crippen molar-refractivity contribution in [1.82, 2.24) is 10.6 Å². The molecule has 1 aliphatic rings. The number of piperidine rings is 1. The average Bonchev–Trinajstić information content (AvgIpc) is 2.42. The van der Waals surface area contributed by atoms with Gasteiger partial charge in [-0.1, -0.05) is 30.3 Å². The van der Waals surface area contributed by atoms with Crippen molar-refractivity contribution in [3.63, 3.8) is 0 Å². The van der Waals surface area contributed by atoms with E-state index < -0.39 is 0 Å². The summed E-state index contributed by atoms with van der Waals surface area (Å²) >= 11 is 0. The molecule has 3 N–H and O–H groups in total. The van der Waals surface area contributed by atoms with Gasteiger partial charge in [-0.15, -0.1) is 12.4 Å². The highest BCUT2D eigenvalue weighted by molar-refractivity contribution is 5.85. The van der Waals surface area contributed by atoms with E-state index in [9.17, 15) is 5.11 Å². The van der Waals surface area contributed by atoms with Crippen LogP contribution < -0.4 is 10.6 Å². The van der Waals surface area contributed by atoms with Gasteiger partial charge >= 0.3 is 0 Å². The SMILES string of the molecule is Cl.OC[C@@H](NCC1CCCNC1)c1ccccc1. The summed E-state index contributed by atoms with van der Waals surface area (Å²) in [5.41, 5.74) is 1.17. The van der Waals surface area contributed by atoms with Crippen molar-refractivity contribution >= 4 is 12.4 Å². The second-order valence-corrected chi connectivity index (χ2v) is 4.77. The van der Waals surface area contributed by atoms with Crippen LogP contribution in [0.3, 0.4) is 0 Å². The fourth-order valence-electron chi connectivity index (χ4n) is 2.38. The Morgan fingerprint density at radius 1 is 1.33 bits per heavy atom. The number of aliphatic hydroxyl groups excluding tert-OH is 1. The summed E-state index contributed by atoms with van der Waals surface area (Å²) < 4.78 is 0. The van der Waals surface area contributed by atoms with Crippen molar-refractivity contribution in [2.45, 2.75) is 18.9 Å². The van der Waals surface area contributed by atoms with Gasteiger partial charge in [0.2, 0.25) is 0 Å². The summed E-state index contributed by atoms with van der Waals surface area (Å²) in [5.74, 6) is 0.696. The Kier molecular flexibility index (Phi) is 7.28. The zero-order valence-corrected chi connectivity index (χ0v) is 11.5. The van der Waals surface area contributed by atoms with Gasteiger partial charge in [0.1, 0.15) is 0 Å². The average molecular weight is 271 g/mol. The molecule has 1 heterocycles. The van der Waals surface area contributed by atoms with Crippen LogP contribution in [0.5, 0.6) is 0 Å². The van der Waals surface area contributed by atoms with Crippen LogP contribution in [-0.4, -0.2) is 31.3 Å². The number of hydrogen-bond donors (Lipinski definition) is 3. The Morgan fingerprint density at radius 3 is 2.72 bits per heavy atom. The Labute approximate surface area is 115 Å². The molecule has 1 fully saturated rings. The molecule has 3 nitrogen and oxygen atoms in total. The maximum absolute atomic E-state index is 9.43. The van der Waals surface area contributed by atoms with Gasteiger partial charge in [-0.25, -0.2) is 0 Å². The molecule has 1 aromatic rings. The summed E-state index contributed by atoms with van der Waals surface area (Å²) in [7, 11) is 0. The summed E-state index contributed by atoms with van der Waals surface area (Å²) in [6.07, 6.45) is 2.55. The number of aliphatic hydroxyl groups is 1. The largest absolute Gasteiger partial charge is 0.394 e. The minimum Gasteiger partial charge on any atom is -0.394 e. The molecule has 0 spiro atoms. The summed E-state index contributed by atoms with van der Waals surface area (Å²) in [6.45, 7) is 3.38. The predicted octanol–water partition coefficient (Wildman–Crippen LogP) is 1.73. The molecule has 0 amide bonds. The number of rotatable bonds is 5. The first-order valence-corrected chi connectivity index (χ1v) is 6.50. The molecule has 1 saturated heterocycles. The summed E-state index contributed by atoms with van der Waals surface area (Å²) in [5, 5.41) is 16.3. The lowest BCUT2D eigenvalue weighted by molar-refractivity contribution is 0.233. The van der Waals surface area contributed by atoms with Crippen molar-refractivity contribution < 1.29 is 5.11 Å². The van der Waals surface area contributed by atoms with Crippen molar-refractivity contribution in [3.8, 4) is 0 Å². The maximum Gasteiger partial charge on any atom is 0.0626 e. The van der Waals surface area contributed by atoms with E-state index in [1.807, 2.05) is 18.2 Å². The third kappa shape index (κ3) is 4.58. The van der Waals surface area contributed by atoms with Crippen LogP contribution in [0, 0.1) is 5.92 Å². The van der Waals surface area contributed by atoms with E-state index in [1.165, 1.54) is 18.4 Å². The van der Waals surface area contributed by atoms with Crippen LogP contribution in [-0.2, 0) is 0 Å². The minimum atomic E-state index is 0. The van der Waals surface area contributed by atoms with Gasteiger partial charge in [0.05, 0.1) is 12.6 Å². The Hall–Kier alpha value is -0.610. The molecule has 2 rings (SSSR count). The molecule has 102 valence electrons. The van der Waals surface area contributed by atoms with Crippen LogP contribution in [0.15, 0.2) is 30.3 Å². The first kappa shape index (κ1) is 15.4. The van der Waals surface area contributed by atoms with Crippen molar-refractivity contribution in [3.05, 3.63) is 35.9 Å². The van der Waals surface area contributed by atoms with E-state index >= 15 is 0 Å². The molecule has 0 saturated carbocycles. The highest BCUT2D eigenvalue weighted by Gasteiger charge is 2.15. The molecule has 18 heavy (non-hydrogen) atoms. The molecule has 0 aliphatic carbocycles. The van der Waals surface area contributed by atoms with Gasteiger partial charge in [-0.2, -0.15) is 0 Å². The van der Waals surface area contributed by atoms with Gasteiger partial charge in [-0.3, -0.25) is 0 Å². The Bertz CT molecular complexity index is 315. The molecule has 1 aliphatic heterocycles. The molecule has 0 aromatic heterocycles. The summed E-state index contributed by atoms with van der Waals surface area (Å²) in [6, 6.07) is 10.2. The van der Waals surface area contributed by atoms with Crippen molar-refractivity contribution in [2.75, 3.05) is 26.2 Å². The van der Waals surface area contributed by atoms with Gasteiger partial charge in [0.15, 0.2) is 0 Å². The first-order valence-electron chi connectivity index (χ1n) is 6.50. The van der Waals surface area contributed by atoms with Gasteiger partial charge < -0.3 is 15.7 Å². The third-order valence-electron chi connectivity index (χ3n) is 3.44. The number of halogens is 1. The van der Waals surface area contributed by atoms with E-state index in [0.717, 1.165) is 19.6 Å². The molecule has 2 atom stereocenters. The number of hydrogen-bond acceptors (Lipinski definition) is 3. The number of benzene rings is 1. The molecule has 0 bridgehead atoms. The van der Waals surface area contributed by atoms with E-state index in [2.05, 4.69) is 22.8 Å². The lowest BCUT2D eigenvalue weighted by Gasteiger charge is -2.25. The topological polar surface area (TPSA) is 44.3 Å². The molecule has 4 heteroatoms. The Morgan fingerprint density at radius 2 is 2.11 bits per heavy atom. The van der Waals surface area contributed by atoms with Crippen LogP contribution in [0.25, 0.3) is 0 Å². The molecule has 1 aromatic carbocycles. The fourth-order valence-corrected chi connectivity index (χ4v) is 2.38. The highest BCUT2D eigenvalue weighted by Crippen LogP contribution is 2.14. The smallest absolute Gasteiger partial charge is 0.0626 e. The monoisotopic (exact) mass is 270 g/mol. The van der Waals surface area contributed by atoms with Gasteiger partial charge in [0, 0.05) is 0 Å². The second-order valence-electron chi connectivity index (χ2n) is 4.77. The molecule has 0 radical (unpaired) electrons. The fraction of sp³-hybridized carbons (Fsp3) is 0.571. The maximum atomic E-state index is 9.43. The van der Waals surface area contributed by atoms with Crippen LogP contribution in [0.4, 0.5) is 0 Å². The van der Waals surface area contributed by atoms with Crippen LogP contribution in [0.1, 0.15) is 24.4 Å². The lowest BCUT2D eigenvalue weighted by Crippen LogP contribution is -2.38. The van der Waals surface area contributed by atoms with E-state index in [4.69, 9.17) is 0 Å². The zero-order chi connectivity index (χ0) is 11.9. The van der Waals surface area contributed by atoms with Crippen molar-refractivity contribution in [1.29, 1.82) is 0 Å². The second kappa shape index (κ2) is 8.48. The van der Waals surface area contributed by atoms with E-state index in [-0.39, 0.29) is 25.1 Å². The highest BCUT2D eigenvalue weighted by atomic mass is 35.5. The van der Waals surface area contributed by atoms with Gasteiger partial charge in [-0.05, 0) is 44.0 Å². The van der Waals surface area contributed by atoms with E-state index in [1.54, 1.807) is 0 Å². The standard InChI is InChI=1S/C14H22N2O.ClH/c17-11-14(13-6-2-1-3-7-13)16-10-12-5-4-8-15-9-12;/h1-3,6-7,12,14-17H,4-5,8-11H2;1H/t12?,14-;/m1./s1. The molecular formula is C14H23ClN2O. The molecular weight excluding hydrogens is 248 g/mol. The van der Waals surface area contributed by atoms with Gasteiger partial charge in [0.25, 0.3) is 0 Å². The Balaban J connectivity index is 0.00000162. The van der Waals surface area contributed by atoms with Crippen molar-refractivity contribution in [2.24, 2.45) is 5.92 Å². The summed E-state index contributed by atoms with van der Waals surface area (Å²) in [4.78, 5) is 0. The zero-order valence-electron chi connectivity index (χ0n) is 10.6. The molecule has 1 unspecified atom stereocenters. The quantitative estimate of drug-likeness (QED) is 0.764. The first-order chi connectivity index (χ1) is 8.40. The van der Waals surface area contributed by atoms with Crippen LogP contribution in [0.2, 0.25) is 0 Å². The minimum absolute atomic E-state index is 0. The van der Waals surface area contributed by atoms with E-state index in [0.29, 0.717) is 5.92 Å². The number of nitrogens with one attached hydrogen (secondary N) is 2. The third-order valence-corrected chi connectivity index (χ3v) is 3.44. The normalized spacial score (nSPS) is 21.1. The lowest BCUT2D eigenvalue weighted by atomic mass is 9.98. The predicted molar refractivity (Wildman–Crippen MR) is 77.1 cm³/mol. The van der Waals surface area contributed by atoms with Crippen LogP contribution >= 0.6 is 12.4 Å².